The van der Waals surface area contributed by atoms with Crippen LogP contribution < -0.4 is 5.73 Å². The number of alkyl halides is 1. The summed E-state index contributed by atoms with van der Waals surface area (Å²) in [4.78, 5) is 20.0. The Morgan fingerprint density at radius 2 is 1.89 bits per heavy atom. The molecular formula is C28H36ClF2N5O2. The molecule has 1 aromatic heterocycles. The zero-order valence-corrected chi connectivity index (χ0v) is 23.3. The van der Waals surface area contributed by atoms with Gasteiger partial charge in [0.15, 0.2) is 11.6 Å². The van der Waals surface area contributed by atoms with Crippen LogP contribution in [0.25, 0.3) is 11.4 Å². The van der Waals surface area contributed by atoms with Crippen LogP contribution in [0.3, 0.4) is 0 Å². The first kappa shape index (κ1) is 29.7. The Hall–Kier alpha value is -2.88. The summed E-state index contributed by atoms with van der Waals surface area (Å²) >= 11 is 6.17. The molecule has 10 heteroatoms. The molecule has 1 amide bonds. The van der Waals surface area contributed by atoms with Gasteiger partial charge in [-0.1, -0.05) is 62.7 Å². The highest BCUT2D eigenvalue weighted by atomic mass is 35.5. The topological polar surface area (TPSA) is 86.3 Å². The van der Waals surface area contributed by atoms with Gasteiger partial charge in [-0.15, -0.1) is 0 Å². The Bertz CT molecular complexity index is 1220. The van der Waals surface area contributed by atoms with E-state index in [1.807, 2.05) is 51.1 Å². The van der Waals surface area contributed by atoms with Crippen LogP contribution in [-0.4, -0.2) is 58.0 Å². The lowest BCUT2D eigenvalue weighted by molar-refractivity contribution is -0.146. The van der Waals surface area contributed by atoms with E-state index in [0.717, 1.165) is 5.56 Å². The summed E-state index contributed by atoms with van der Waals surface area (Å²) in [5.74, 6) is -0.192. The van der Waals surface area contributed by atoms with Crippen LogP contribution in [0, 0.1) is 11.2 Å². The first-order valence-electron chi connectivity index (χ1n) is 12.5. The van der Waals surface area contributed by atoms with Crippen molar-refractivity contribution < 1.29 is 18.3 Å². The lowest BCUT2D eigenvalue weighted by Crippen LogP contribution is -2.48. The van der Waals surface area contributed by atoms with Gasteiger partial charge in [0, 0.05) is 24.7 Å². The van der Waals surface area contributed by atoms with E-state index >= 15 is 0 Å². The molecule has 3 atom stereocenters. The first-order chi connectivity index (χ1) is 18.0. The van der Waals surface area contributed by atoms with Gasteiger partial charge in [-0.2, -0.15) is 5.10 Å². The van der Waals surface area contributed by atoms with Crippen LogP contribution in [0.15, 0.2) is 48.5 Å². The van der Waals surface area contributed by atoms with Gasteiger partial charge in [0.2, 0.25) is 0 Å². The first-order valence-corrected chi connectivity index (χ1v) is 12.9. The summed E-state index contributed by atoms with van der Waals surface area (Å²) in [5.41, 5.74) is 6.45. The molecule has 3 rings (SSSR count). The van der Waals surface area contributed by atoms with Crippen molar-refractivity contribution in [3.63, 3.8) is 0 Å². The summed E-state index contributed by atoms with van der Waals surface area (Å²) in [5, 5.41) is 5.03. The summed E-state index contributed by atoms with van der Waals surface area (Å²) in [6.07, 6.45) is -0.509. The van der Waals surface area contributed by atoms with Crippen molar-refractivity contribution in [2.45, 2.75) is 58.8 Å². The molecule has 0 radical (unpaired) electrons. The second-order valence-electron chi connectivity index (χ2n) is 10.4. The number of ether oxygens (including phenoxy) is 1. The molecule has 2 aromatic carbocycles. The standard InChI is InChI=1S/C28H36ClF2N5O2/c1-18(38-5)27(37)35(14-13-21(32)16-30)24(28(2,3)4)26-33-25(22-15-20(29)11-12-23(22)31)34-36(26)17-19-9-7-6-8-10-19/h6-12,15,18,21,24H,13-14,16-17,32H2,1-5H3/t18-,21-,24-/m0/s1. The van der Waals surface area contributed by atoms with Crippen LogP contribution in [0.4, 0.5) is 8.78 Å². The minimum atomic E-state index is -0.753. The maximum absolute atomic E-state index is 14.9. The number of benzene rings is 2. The molecule has 0 saturated carbocycles. The van der Waals surface area contributed by atoms with Gasteiger partial charge in [0.05, 0.1) is 18.2 Å². The van der Waals surface area contributed by atoms with Crippen LogP contribution in [-0.2, 0) is 16.1 Å². The van der Waals surface area contributed by atoms with E-state index in [1.54, 1.807) is 16.5 Å². The Kier molecular flexibility index (Phi) is 9.98. The number of carbonyl (C=O) groups excluding carboxylic acids is 1. The van der Waals surface area contributed by atoms with Gasteiger partial charge in [0.1, 0.15) is 18.6 Å². The Labute approximate surface area is 227 Å². The number of halogens is 3. The molecule has 0 aliphatic rings. The van der Waals surface area contributed by atoms with Crippen molar-refractivity contribution >= 4 is 17.5 Å². The molecule has 0 aliphatic carbocycles. The zero-order chi connectivity index (χ0) is 28.0. The maximum atomic E-state index is 14.9. The number of rotatable bonds is 11. The van der Waals surface area contributed by atoms with Gasteiger partial charge in [-0.3, -0.25) is 4.79 Å². The normalized spacial score (nSPS) is 14.2. The van der Waals surface area contributed by atoms with Crippen molar-refractivity contribution in [1.82, 2.24) is 19.7 Å². The fraction of sp³-hybridized carbons (Fsp3) is 0.464. The van der Waals surface area contributed by atoms with Gasteiger partial charge < -0.3 is 15.4 Å². The highest BCUT2D eigenvalue weighted by Gasteiger charge is 2.40. The number of nitrogens with two attached hydrogens (primary N) is 1. The third-order valence-corrected chi connectivity index (χ3v) is 6.58. The van der Waals surface area contributed by atoms with E-state index in [4.69, 9.17) is 27.1 Å². The van der Waals surface area contributed by atoms with E-state index in [1.165, 1.54) is 25.3 Å². The second kappa shape index (κ2) is 12.8. The largest absolute Gasteiger partial charge is 0.372 e. The van der Waals surface area contributed by atoms with Crippen LogP contribution in [0.5, 0.6) is 0 Å². The Balaban J connectivity index is 2.21. The number of methoxy groups -OCH3 is 1. The van der Waals surface area contributed by atoms with Gasteiger partial charge in [-0.25, -0.2) is 18.4 Å². The SMILES string of the molecule is CO[C@@H](C)C(=O)N(CC[C@H](N)CF)[C@@H](c1nc(-c2cc(Cl)ccc2F)nn1Cc1ccccc1)C(C)(C)C. The van der Waals surface area contributed by atoms with E-state index in [0.29, 0.717) is 17.4 Å². The monoisotopic (exact) mass is 547 g/mol. The molecule has 0 spiro atoms. The van der Waals surface area contributed by atoms with Crippen LogP contribution >= 0.6 is 11.6 Å². The van der Waals surface area contributed by atoms with E-state index < -0.39 is 36.1 Å². The number of aromatic nitrogens is 3. The molecule has 7 nitrogen and oxygen atoms in total. The molecule has 0 aliphatic heterocycles. The summed E-state index contributed by atoms with van der Waals surface area (Å²) < 4.78 is 35.2. The highest BCUT2D eigenvalue weighted by molar-refractivity contribution is 6.30. The van der Waals surface area contributed by atoms with Crippen molar-refractivity contribution in [2.75, 3.05) is 20.3 Å². The van der Waals surface area contributed by atoms with Crippen LogP contribution in [0.1, 0.15) is 51.5 Å². The molecule has 3 aromatic rings. The molecule has 0 bridgehead atoms. The minimum Gasteiger partial charge on any atom is -0.372 e. The molecule has 0 saturated heterocycles. The quantitative estimate of drug-likeness (QED) is 0.346. The fourth-order valence-electron chi connectivity index (χ4n) is 4.29. The average Bonchev–Trinajstić information content (AvgIpc) is 3.28. The summed E-state index contributed by atoms with van der Waals surface area (Å²) in [6, 6.07) is 12.5. The number of carbonyl (C=O) groups is 1. The van der Waals surface area contributed by atoms with E-state index in [9.17, 15) is 13.6 Å². The molecule has 206 valence electrons. The lowest BCUT2D eigenvalue weighted by atomic mass is 9.84. The molecule has 1 heterocycles. The second-order valence-corrected chi connectivity index (χ2v) is 10.9. The zero-order valence-electron chi connectivity index (χ0n) is 22.5. The van der Waals surface area contributed by atoms with Crippen molar-refractivity contribution in [3.8, 4) is 11.4 Å². The number of hydrogen-bond acceptors (Lipinski definition) is 5. The molecule has 38 heavy (non-hydrogen) atoms. The van der Waals surface area contributed by atoms with Crippen molar-refractivity contribution in [1.29, 1.82) is 0 Å². The molecule has 2 N–H and O–H groups in total. The Morgan fingerprint density at radius 3 is 2.50 bits per heavy atom. The van der Waals surface area contributed by atoms with Crippen molar-refractivity contribution in [3.05, 3.63) is 70.8 Å². The van der Waals surface area contributed by atoms with Gasteiger partial charge in [0.25, 0.3) is 5.91 Å². The lowest BCUT2D eigenvalue weighted by Gasteiger charge is -2.40. The number of hydrogen-bond donors (Lipinski definition) is 1. The highest BCUT2D eigenvalue weighted by Crippen LogP contribution is 2.39. The molecular weight excluding hydrogens is 512 g/mol. The predicted octanol–water partition coefficient (Wildman–Crippen LogP) is 5.42. The maximum Gasteiger partial charge on any atom is 0.252 e. The third-order valence-electron chi connectivity index (χ3n) is 6.34. The fourth-order valence-corrected chi connectivity index (χ4v) is 4.46. The van der Waals surface area contributed by atoms with E-state index in [2.05, 4.69) is 5.10 Å². The van der Waals surface area contributed by atoms with Gasteiger partial charge in [-0.05, 0) is 42.5 Å². The molecule has 0 fully saturated rings. The summed E-state index contributed by atoms with van der Waals surface area (Å²) in [7, 11) is 1.46. The number of amides is 1. The predicted molar refractivity (Wildman–Crippen MR) is 145 cm³/mol. The van der Waals surface area contributed by atoms with E-state index in [-0.39, 0.29) is 30.3 Å². The third kappa shape index (κ3) is 7.15. The summed E-state index contributed by atoms with van der Waals surface area (Å²) in [6.45, 7) is 7.40. The van der Waals surface area contributed by atoms with Crippen molar-refractivity contribution in [2.24, 2.45) is 11.1 Å². The van der Waals surface area contributed by atoms with Gasteiger partial charge >= 0.3 is 0 Å². The number of nitrogens with zero attached hydrogens (tertiary/aromatic N) is 4. The molecule has 0 unspecified atom stereocenters. The smallest absolute Gasteiger partial charge is 0.252 e. The minimum absolute atomic E-state index is 0.151. The average molecular weight is 548 g/mol. The van der Waals surface area contributed by atoms with Crippen LogP contribution in [0.2, 0.25) is 5.02 Å². The Morgan fingerprint density at radius 1 is 1.21 bits per heavy atom.